The van der Waals surface area contributed by atoms with Gasteiger partial charge in [0.05, 0.1) is 5.54 Å². The lowest BCUT2D eigenvalue weighted by atomic mass is 9.95. The Kier molecular flexibility index (Phi) is 3.39. The molecule has 0 aromatic carbocycles. The summed E-state index contributed by atoms with van der Waals surface area (Å²) in [5, 5.41) is 19.1. The third-order valence-electron chi connectivity index (χ3n) is 2.28. The minimum atomic E-state index is -0.397. The largest absolute Gasteiger partial charge is 0.494 e. The Bertz CT molecular complexity index is 141. The molecule has 2 N–H and O–H groups in total. The van der Waals surface area contributed by atoms with Crippen LogP contribution in [0.1, 0.15) is 33.6 Å². The van der Waals surface area contributed by atoms with Gasteiger partial charge in [0.2, 0.25) is 5.88 Å². The third kappa shape index (κ3) is 2.12. The summed E-state index contributed by atoms with van der Waals surface area (Å²) in [6.07, 6.45) is 1.53. The molecule has 3 nitrogen and oxygen atoms in total. The van der Waals surface area contributed by atoms with E-state index in [1.165, 1.54) is 0 Å². The number of hydrogen-bond donors (Lipinski definition) is 2. The SMILES string of the molecule is C=C(O)N(O)C(C)(CC)CC. The topological polar surface area (TPSA) is 43.7 Å². The lowest BCUT2D eigenvalue weighted by molar-refractivity contribution is -0.167. The van der Waals surface area contributed by atoms with Crippen molar-refractivity contribution in [3.8, 4) is 0 Å². The first-order chi connectivity index (χ1) is 4.98. The Hall–Kier alpha value is -0.700. The van der Waals surface area contributed by atoms with Crippen LogP contribution in [0.4, 0.5) is 0 Å². The van der Waals surface area contributed by atoms with Crippen LogP contribution >= 0.6 is 0 Å². The van der Waals surface area contributed by atoms with Crippen LogP contribution in [0.25, 0.3) is 0 Å². The molecule has 0 rings (SSSR count). The Balaban J connectivity index is 4.36. The van der Waals surface area contributed by atoms with Crippen molar-refractivity contribution in [2.24, 2.45) is 0 Å². The molecule has 11 heavy (non-hydrogen) atoms. The Morgan fingerprint density at radius 1 is 1.45 bits per heavy atom. The van der Waals surface area contributed by atoms with Crippen LogP contribution in [0.15, 0.2) is 12.5 Å². The van der Waals surface area contributed by atoms with Crippen molar-refractivity contribution in [1.29, 1.82) is 0 Å². The van der Waals surface area contributed by atoms with Crippen LogP contribution in [0.3, 0.4) is 0 Å². The minimum absolute atomic E-state index is 0.295. The molecule has 0 heterocycles. The van der Waals surface area contributed by atoms with Gasteiger partial charge in [-0.05, 0) is 26.3 Å². The molecule has 0 saturated carbocycles. The molecular weight excluding hydrogens is 142 g/mol. The first-order valence-electron chi connectivity index (χ1n) is 3.85. The predicted octanol–water partition coefficient (Wildman–Crippen LogP) is 2.29. The number of aliphatic hydroxyl groups is 1. The van der Waals surface area contributed by atoms with Crippen LogP contribution in [0, 0.1) is 0 Å². The fourth-order valence-corrected chi connectivity index (χ4v) is 0.861. The first-order valence-corrected chi connectivity index (χ1v) is 3.85. The van der Waals surface area contributed by atoms with E-state index < -0.39 is 5.54 Å². The van der Waals surface area contributed by atoms with Crippen molar-refractivity contribution >= 4 is 0 Å². The van der Waals surface area contributed by atoms with Gasteiger partial charge in [0.25, 0.3) is 0 Å². The molecule has 0 aromatic heterocycles. The molecule has 0 unspecified atom stereocenters. The summed E-state index contributed by atoms with van der Waals surface area (Å²) in [6.45, 7) is 9.03. The third-order valence-corrected chi connectivity index (χ3v) is 2.28. The first kappa shape index (κ1) is 10.3. The molecule has 0 amide bonds. The quantitative estimate of drug-likeness (QED) is 0.488. The van der Waals surface area contributed by atoms with Crippen molar-refractivity contribution < 1.29 is 10.3 Å². The molecule has 0 bridgehead atoms. The molecular formula is C8H17NO2. The highest BCUT2D eigenvalue weighted by molar-refractivity contribution is 4.88. The molecule has 0 radical (unpaired) electrons. The number of hydrogen-bond acceptors (Lipinski definition) is 3. The van der Waals surface area contributed by atoms with E-state index in [1.807, 2.05) is 20.8 Å². The van der Waals surface area contributed by atoms with Crippen molar-refractivity contribution in [2.45, 2.75) is 39.2 Å². The van der Waals surface area contributed by atoms with E-state index in [4.69, 9.17) is 5.11 Å². The molecule has 0 spiro atoms. The van der Waals surface area contributed by atoms with Gasteiger partial charge in [0.15, 0.2) is 0 Å². The summed E-state index contributed by atoms with van der Waals surface area (Å²) >= 11 is 0. The minimum Gasteiger partial charge on any atom is -0.494 e. The number of nitrogens with zero attached hydrogens (tertiary/aromatic N) is 1. The Morgan fingerprint density at radius 2 is 1.82 bits per heavy atom. The number of hydroxylamine groups is 2. The maximum Gasteiger partial charge on any atom is 0.203 e. The second kappa shape index (κ2) is 3.62. The van der Waals surface area contributed by atoms with E-state index in [-0.39, 0.29) is 5.88 Å². The molecule has 66 valence electrons. The standard InChI is InChI=1S/C8H17NO2/c1-5-8(4,6-2)9(11)7(3)10/h10-11H,3,5-6H2,1-2,4H3. The van der Waals surface area contributed by atoms with Crippen LogP contribution in [0.5, 0.6) is 0 Å². The van der Waals surface area contributed by atoms with Crippen molar-refractivity contribution in [1.82, 2.24) is 5.06 Å². The van der Waals surface area contributed by atoms with E-state index in [0.717, 1.165) is 17.9 Å². The fraction of sp³-hybridized carbons (Fsp3) is 0.750. The van der Waals surface area contributed by atoms with Crippen molar-refractivity contribution in [3.05, 3.63) is 12.5 Å². The van der Waals surface area contributed by atoms with Gasteiger partial charge in [0, 0.05) is 0 Å². The summed E-state index contributed by atoms with van der Waals surface area (Å²) < 4.78 is 0. The van der Waals surface area contributed by atoms with Gasteiger partial charge in [-0.1, -0.05) is 13.8 Å². The normalized spacial score (nSPS) is 11.3. The fourth-order valence-electron chi connectivity index (χ4n) is 0.861. The van der Waals surface area contributed by atoms with Crippen LogP contribution in [-0.4, -0.2) is 20.9 Å². The van der Waals surface area contributed by atoms with Gasteiger partial charge < -0.3 is 5.11 Å². The highest BCUT2D eigenvalue weighted by Gasteiger charge is 2.27. The average molecular weight is 159 g/mol. The smallest absolute Gasteiger partial charge is 0.203 e. The molecule has 0 aromatic rings. The van der Waals surface area contributed by atoms with Gasteiger partial charge in [0.1, 0.15) is 0 Å². The van der Waals surface area contributed by atoms with E-state index in [2.05, 4.69) is 6.58 Å². The van der Waals surface area contributed by atoms with Crippen LogP contribution in [0.2, 0.25) is 0 Å². The number of aliphatic hydroxyl groups excluding tert-OH is 1. The molecule has 3 heteroatoms. The van der Waals surface area contributed by atoms with Gasteiger partial charge >= 0.3 is 0 Å². The summed E-state index contributed by atoms with van der Waals surface area (Å²) in [7, 11) is 0. The van der Waals surface area contributed by atoms with Gasteiger partial charge in [-0.2, -0.15) is 0 Å². The molecule has 0 saturated heterocycles. The van der Waals surface area contributed by atoms with Crippen LogP contribution in [-0.2, 0) is 0 Å². The molecule has 0 fully saturated rings. The van der Waals surface area contributed by atoms with Crippen molar-refractivity contribution in [2.75, 3.05) is 0 Å². The van der Waals surface area contributed by atoms with Crippen LogP contribution < -0.4 is 0 Å². The van der Waals surface area contributed by atoms with Crippen molar-refractivity contribution in [3.63, 3.8) is 0 Å². The number of rotatable bonds is 4. The Labute approximate surface area is 67.9 Å². The zero-order chi connectivity index (χ0) is 9.07. The average Bonchev–Trinajstić information content (AvgIpc) is 2.01. The highest BCUT2D eigenvalue weighted by Crippen LogP contribution is 2.23. The maximum atomic E-state index is 9.33. The molecule has 0 aliphatic rings. The molecule has 0 aliphatic heterocycles. The van der Waals surface area contributed by atoms with E-state index in [9.17, 15) is 5.21 Å². The lowest BCUT2D eigenvalue weighted by Gasteiger charge is -2.35. The predicted molar refractivity (Wildman–Crippen MR) is 44.4 cm³/mol. The van der Waals surface area contributed by atoms with E-state index in [0.29, 0.717) is 0 Å². The molecule has 0 aliphatic carbocycles. The van der Waals surface area contributed by atoms with E-state index in [1.54, 1.807) is 0 Å². The Morgan fingerprint density at radius 3 is 1.91 bits per heavy atom. The van der Waals surface area contributed by atoms with Gasteiger partial charge in [-0.3, -0.25) is 5.21 Å². The molecule has 0 atom stereocenters. The highest BCUT2D eigenvalue weighted by atomic mass is 16.5. The second-order valence-corrected chi connectivity index (χ2v) is 2.93. The summed E-state index contributed by atoms with van der Waals surface area (Å²) in [5.74, 6) is -0.295. The van der Waals surface area contributed by atoms with E-state index >= 15 is 0 Å². The monoisotopic (exact) mass is 159 g/mol. The lowest BCUT2D eigenvalue weighted by Crippen LogP contribution is -2.42. The maximum absolute atomic E-state index is 9.33. The van der Waals surface area contributed by atoms with Gasteiger partial charge in [-0.15, -0.1) is 0 Å². The zero-order valence-electron chi connectivity index (χ0n) is 7.46. The summed E-state index contributed by atoms with van der Waals surface area (Å²) in [6, 6.07) is 0. The summed E-state index contributed by atoms with van der Waals surface area (Å²) in [5.41, 5.74) is -0.397. The van der Waals surface area contributed by atoms with Gasteiger partial charge in [-0.25, -0.2) is 5.06 Å². The second-order valence-electron chi connectivity index (χ2n) is 2.93. The zero-order valence-corrected chi connectivity index (χ0v) is 7.46. The summed E-state index contributed by atoms with van der Waals surface area (Å²) in [4.78, 5) is 0.